The number of aliphatic hydroxyl groups is 2. The number of benzene rings is 3. The fraction of sp³-hybridized carbons (Fsp3) is 0.105. The quantitative estimate of drug-likeness (QED) is 0.669. The minimum Gasteiger partial charge on any atom is -0.454 e. The van der Waals surface area contributed by atoms with Crippen molar-refractivity contribution in [3.63, 3.8) is 0 Å². The fourth-order valence-electron chi connectivity index (χ4n) is 3.70. The van der Waals surface area contributed by atoms with Crippen LogP contribution in [0.25, 0.3) is 10.8 Å². The molecule has 0 radical (unpaired) electrons. The van der Waals surface area contributed by atoms with Crippen molar-refractivity contribution in [3.8, 4) is 5.75 Å². The van der Waals surface area contributed by atoms with Crippen LogP contribution in [0.4, 0.5) is 0 Å². The highest BCUT2D eigenvalue weighted by Crippen LogP contribution is 2.58. The van der Waals surface area contributed by atoms with E-state index < -0.39 is 17.2 Å². The van der Waals surface area contributed by atoms with Gasteiger partial charge in [0.05, 0.1) is 0 Å². The van der Waals surface area contributed by atoms with E-state index in [-0.39, 0.29) is 5.56 Å². The molecule has 0 saturated carbocycles. The zero-order valence-corrected chi connectivity index (χ0v) is 12.0. The van der Waals surface area contributed by atoms with Crippen LogP contribution in [0.2, 0.25) is 0 Å². The second-order valence-corrected chi connectivity index (χ2v) is 6.03. The van der Waals surface area contributed by atoms with E-state index in [4.69, 9.17) is 4.74 Å². The molecule has 112 valence electrons. The van der Waals surface area contributed by atoms with Gasteiger partial charge in [0, 0.05) is 16.7 Å². The first kappa shape index (κ1) is 12.8. The molecule has 0 bridgehead atoms. The summed E-state index contributed by atoms with van der Waals surface area (Å²) in [6, 6.07) is 17.7. The normalized spacial score (nSPS) is 27.5. The van der Waals surface area contributed by atoms with Crippen LogP contribution in [-0.4, -0.2) is 16.0 Å². The van der Waals surface area contributed by atoms with Crippen LogP contribution in [0.5, 0.6) is 5.75 Å². The monoisotopic (exact) mass is 304 g/mol. The molecule has 2 N–H and O–H groups in total. The number of rotatable bonds is 0. The number of ketones is 1. The summed E-state index contributed by atoms with van der Waals surface area (Å²) in [5.41, 5.74) is -1.22. The predicted octanol–water partition coefficient (Wildman–Crippen LogP) is 2.46. The Kier molecular flexibility index (Phi) is 2.11. The van der Waals surface area contributed by atoms with Gasteiger partial charge < -0.3 is 14.9 Å². The minimum atomic E-state index is -2.12. The second-order valence-electron chi connectivity index (χ2n) is 6.03. The Balaban J connectivity index is 1.86. The highest BCUT2D eigenvalue weighted by molar-refractivity contribution is 6.10. The van der Waals surface area contributed by atoms with Gasteiger partial charge >= 0.3 is 0 Å². The molecule has 1 aliphatic carbocycles. The molecule has 2 unspecified atom stereocenters. The predicted molar refractivity (Wildman–Crippen MR) is 83.1 cm³/mol. The average Bonchev–Trinajstić information content (AvgIpc) is 2.90. The van der Waals surface area contributed by atoms with E-state index in [1.165, 1.54) is 0 Å². The van der Waals surface area contributed by atoms with E-state index in [1.807, 2.05) is 24.3 Å². The summed E-state index contributed by atoms with van der Waals surface area (Å²) in [4.78, 5) is 12.8. The lowest BCUT2D eigenvalue weighted by atomic mass is 9.86. The highest BCUT2D eigenvalue weighted by Gasteiger charge is 2.70. The topological polar surface area (TPSA) is 66.8 Å². The lowest BCUT2D eigenvalue weighted by Gasteiger charge is -2.28. The SMILES string of the molecule is O=C1c2ccccc2C2(O)Oc3cc4ccccc4cc3C12O. The fourth-order valence-corrected chi connectivity index (χ4v) is 3.70. The van der Waals surface area contributed by atoms with Crippen molar-refractivity contribution in [2.45, 2.75) is 11.4 Å². The van der Waals surface area contributed by atoms with Gasteiger partial charge in [0.15, 0.2) is 0 Å². The third-order valence-corrected chi connectivity index (χ3v) is 4.85. The number of hydrogen-bond acceptors (Lipinski definition) is 4. The van der Waals surface area contributed by atoms with Crippen molar-refractivity contribution < 1.29 is 19.7 Å². The first-order valence-electron chi connectivity index (χ1n) is 7.37. The highest BCUT2D eigenvalue weighted by atomic mass is 16.7. The maximum atomic E-state index is 12.8. The summed E-state index contributed by atoms with van der Waals surface area (Å²) in [5.74, 6) is -2.29. The maximum Gasteiger partial charge on any atom is 0.276 e. The lowest BCUT2D eigenvalue weighted by molar-refractivity contribution is -0.224. The van der Waals surface area contributed by atoms with Crippen molar-refractivity contribution in [1.29, 1.82) is 0 Å². The van der Waals surface area contributed by atoms with Crippen LogP contribution in [0.15, 0.2) is 60.7 Å². The van der Waals surface area contributed by atoms with Crippen molar-refractivity contribution in [3.05, 3.63) is 77.4 Å². The molecule has 3 aromatic carbocycles. The van der Waals surface area contributed by atoms with Gasteiger partial charge in [-0.15, -0.1) is 0 Å². The molecule has 1 aliphatic heterocycles. The third kappa shape index (κ3) is 1.28. The van der Waals surface area contributed by atoms with E-state index in [9.17, 15) is 15.0 Å². The standard InChI is InChI=1S/C19H12O4/c20-17-13-7-3-4-8-14(13)19(22)18(17,21)15-9-11-5-1-2-6-12(11)10-16(15)23-19/h1-10,21-22H. The number of Topliss-reactive ketones (excluding diaryl/α,β-unsaturated/α-hetero) is 1. The Labute approximate surface area is 131 Å². The zero-order valence-electron chi connectivity index (χ0n) is 12.0. The molecule has 0 spiro atoms. The molecule has 0 amide bonds. The number of ether oxygens (including phenoxy) is 1. The van der Waals surface area contributed by atoms with Gasteiger partial charge in [-0.3, -0.25) is 4.79 Å². The van der Waals surface area contributed by atoms with Gasteiger partial charge in [-0.2, -0.15) is 0 Å². The Morgan fingerprint density at radius 2 is 1.48 bits per heavy atom. The van der Waals surface area contributed by atoms with Crippen molar-refractivity contribution >= 4 is 16.6 Å². The number of fused-ring (bicyclic) bond motifs is 6. The van der Waals surface area contributed by atoms with Crippen molar-refractivity contribution in [1.82, 2.24) is 0 Å². The average molecular weight is 304 g/mol. The molecule has 1 heterocycles. The van der Waals surface area contributed by atoms with E-state index in [2.05, 4.69) is 0 Å². The van der Waals surface area contributed by atoms with E-state index in [0.29, 0.717) is 16.9 Å². The molecule has 2 atom stereocenters. The van der Waals surface area contributed by atoms with E-state index >= 15 is 0 Å². The van der Waals surface area contributed by atoms with Crippen LogP contribution in [0.1, 0.15) is 21.5 Å². The zero-order chi connectivity index (χ0) is 15.8. The second kappa shape index (κ2) is 3.79. The summed E-state index contributed by atoms with van der Waals surface area (Å²) in [5, 5.41) is 24.0. The molecular formula is C19H12O4. The van der Waals surface area contributed by atoms with Crippen molar-refractivity contribution in [2.75, 3.05) is 0 Å². The first-order chi connectivity index (χ1) is 11.1. The molecule has 4 heteroatoms. The lowest BCUT2D eigenvalue weighted by Crippen LogP contribution is -2.48. The van der Waals surface area contributed by atoms with Gasteiger partial charge in [0.25, 0.3) is 5.79 Å². The third-order valence-electron chi connectivity index (χ3n) is 4.85. The largest absolute Gasteiger partial charge is 0.454 e. The number of carbonyl (C=O) groups excluding carboxylic acids is 1. The summed E-state index contributed by atoms with van der Waals surface area (Å²) in [6.07, 6.45) is 0. The molecule has 4 nitrogen and oxygen atoms in total. The maximum absolute atomic E-state index is 12.8. The molecule has 2 aliphatic rings. The smallest absolute Gasteiger partial charge is 0.276 e. The van der Waals surface area contributed by atoms with Crippen LogP contribution < -0.4 is 4.74 Å². The molecular weight excluding hydrogens is 292 g/mol. The Bertz CT molecular complexity index is 1010. The van der Waals surface area contributed by atoms with Crippen LogP contribution in [0.3, 0.4) is 0 Å². The molecule has 3 aromatic rings. The van der Waals surface area contributed by atoms with Gasteiger partial charge in [-0.05, 0) is 22.9 Å². The van der Waals surface area contributed by atoms with Gasteiger partial charge in [0.2, 0.25) is 11.4 Å². The summed E-state index contributed by atoms with van der Waals surface area (Å²) in [7, 11) is 0. The molecule has 0 aromatic heterocycles. The molecule has 5 rings (SSSR count). The van der Waals surface area contributed by atoms with Crippen LogP contribution >= 0.6 is 0 Å². The van der Waals surface area contributed by atoms with Crippen molar-refractivity contribution in [2.24, 2.45) is 0 Å². The summed E-state index contributed by atoms with van der Waals surface area (Å²) >= 11 is 0. The van der Waals surface area contributed by atoms with E-state index in [1.54, 1.807) is 36.4 Å². The van der Waals surface area contributed by atoms with Gasteiger partial charge in [-0.25, -0.2) is 0 Å². The number of carbonyl (C=O) groups is 1. The molecule has 0 saturated heterocycles. The van der Waals surface area contributed by atoms with Crippen LogP contribution in [-0.2, 0) is 11.4 Å². The molecule has 0 fully saturated rings. The summed E-state index contributed by atoms with van der Waals surface area (Å²) in [6.45, 7) is 0. The van der Waals surface area contributed by atoms with Gasteiger partial charge in [0.1, 0.15) is 5.75 Å². The Hall–Kier alpha value is -2.69. The number of hydrogen-bond donors (Lipinski definition) is 2. The van der Waals surface area contributed by atoms with E-state index in [0.717, 1.165) is 10.8 Å². The first-order valence-corrected chi connectivity index (χ1v) is 7.37. The molecule has 23 heavy (non-hydrogen) atoms. The Morgan fingerprint density at radius 3 is 2.26 bits per heavy atom. The Morgan fingerprint density at radius 1 is 0.826 bits per heavy atom. The minimum absolute atomic E-state index is 0.288. The van der Waals surface area contributed by atoms with Gasteiger partial charge in [-0.1, -0.05) is 48.5 Å². The summed E-state index contributed by atoms with van der Waals surface area (Å²) < 4.78 is 5.71. The van der Waals surface area contributed by atoms with Crippen LogP contribution in [0, 0.1) is 0 Å².